The number of anilines is 1. The number of morpholine rings is 1. The van der Waals surface area contributed by atoms with E-state index in [0.29, 0.717) is 29.3 Å². The fraction of sp³-hybridized carbons (Fsp3) is 0.304. The Kier molecular flexibility index (Phi) is 6.17. The van der Waals surface area contributed by atoms with Crippen LogP contribution in [0.1, 0.15) is 17.5 Å². The van der Waals surface area contributed by atoms with Crippen LogP contribution >= 0.6 is 11.6 Å². The van der Waals surface area contributed by atoms with E-state index in [1.165, 1.54) is 24.5 Å². The topological polar surface area (TPSA) is 88.9 Å². The number of alkyl halides is 3. The van der Waals surface area contributed by atoms with Crippen LogP contribution in [0.2, 0.25) is 5.02 Å². The van der Waals surface area contributed by atoms with E-state index in [-0.39, 0.29) is 34.8 Å². The second kappa shape index (κ2) is 9.17. The smallest absolute Gasteiger partial charge is 0.370 e. The number of aromatic amines is 1. The Hall–Kier alpha value is -3.51. The second-order valence-corrected chi connectivity index (χ2v) is 8.83. The summed E-state index contributed by atoms with van der Waals surface area (Å²) in [5.41, 5.74) is 0.538. The number of rotatable bonds is 4. The van der Waals surface area contributed by atoms with Gasteiger partial charge in [-0.2, -0.15) is 18.3 Å². The maximum atomic E-state index is 14.9. The summed E-state index contributed by atoms with van der Waals surface area (Å²) in [6.07, 6.45) is -2.32. The normalized spacial score (nSPS) is 16.6. The highest BCUT2D eigenvalue weighted by molar-refractivity contribution is 6.30. The zero-order chi connectivity index (χ0) is 25.6. The molecule has 36 heavy (non-hydrogen) atoms. The number of pyridine rings is 1. The molecule has 1 N–H and O–H groups in total. The molecule has 0 amide bonds. The summed E-state index contributed by atoms with van der Waals surface area (Å²) in [4.78, 5) is 26.3. The van der Waals surface area contributed by atoms with Gasteiger partial charge in [0.25, 0.3) is 5.56 Å². The lowest BCUT2D eigenvalue weighted by atomic mass is 10.1. The predicted molar refractivity (Wildman–Crippen MR) is 124 cm³/mol. The fourth-order valence-corrected chi connectivity index (χ4v) is 4.34. The molecule has 0 bridgehead atoms. The van der Waals surface area contributed by atoms with Gasteiger partial charge in [-0.25, -0.2) is 14.4 Å². The minimum atomic E-state index is -4.39. The molecule has 13 heteroatoms. The molecule has 0 aliphatic carbocycles. The van der Waals surface area contributed by atoms with Gasteiger partial charge in [0.1, 0.15) is 30.1 Å². The lowest BCUT2D eigenvalue weighted by Gasteiger charge is -2.33. The monoisotopic (exact) mass is 522 g/mol. The number of nitrogens with zero attached hydrogens (tertiary/aromatic N) is 5. The van der Waals surface area contributed by atoms with Crippen LogP contribution in [0, 0.1) is 12.7 Å². The van der Waals surface area contributed by atoms with Crippen molar-refractivity contribution in [3.8, 4) is 11.3 Å². The maximum absolute atomic E-state index is 14.9. The third kappa shape index (κ3) is 4.91. The van der Waals surface area contributed by atoms with Crippen LogP contribution in [0.25, 0.3) is 22.2 Å². The van der Waals surface area contributed by atoms with E-state index in [4.69, 9.17) is 16.3 Å². The fourth-order valence-electron chi connectivity index (χ4n) is 4.18. The maximum Gasteiger partial charge on any atom is 0.408 e. The van der Waals surface area contributed by atoms with Gasteiger partial charge in [-0.3, -0.25) is 9.48 Å². The molecule has 0 spiro atoms. The van der Waals surface area contributed by atoms with Gasteiger partial charge in [0, 0.05) is 41.5 Å². The Bertz CT molecular complexity index is 1500. The van der Waals surface area contributed by atoms with Gasteiger partial charge in [0.05, 0.1) is 29.4 Å². The number of hydrogen-bond donors (Lipinski definition) is 1. The molecule has 3 aromatic heterocycles. The SMILES string of the molecule is Cc1nc2cc(N3CCO[C@@H](c4cnn(CC(F)(F)F)c4)C3)nc(-c3ccc(Cl)cc3F)c2c(=O)[nH]1. The third-order valence-electron chi connectivity index (χ3n) is 5.74. The Balaban J connectivity index is 1.54. The summed E-state index contributed by atoms with van der Waals surface area (Å²) >= 11 is 5.91. The number of hydrogen-bond acceptors (Lipinski definition) is 6. The molecule has 1 saturated heterocycles. The first kappa shape index (κ1) is 24.2. The molecular weight excluding hydrogens is 504 g/mol. The number of H-pyrrole nitrogens is 1. The highest BCUT2D eigenvalue weighted by atomic mass is 35.5. The molecule has 4 heterocycles. The standard InChI is InChI=1S/C23H19ClF4N6O2/c1-12-30-17-7-19(32-21(20(17)22(35)31-12)15-3-2-14(24)6-16(15)25)33-4-5-36-18(10-33)13-8-29-34(9-13)11-23(26,27)28/h2-3,6-9,18H,4-5,10-11H2,1H3,(H,30,31,35)/t18-/m1/s1. The zero-order valence-electron chi connectivity index (χ0n) is 18.8. The summed E-state index contributed by atoms with van der Waals surface area (Å²) in [6, 6.07) is 5.71. The number of ether oxygens (including phenoxy) is 1. The van der Waals surface area contributed by atoms with E-state index in [1.54, 1.807) is 13.0 Å². The number of halogens is 5. The molecule has 1 atom stereocenters. The number of benzene rings is 1. The van der Waals surface area contributed by atoms with Gasteiger partial charge in [-0.1, -0.05) is 11.6 Å². The average Bonchev–Trinajstić information content (AvgIpc) is 3.25. The first-order valence-electron chi connectivity index (χ1n) is 10.9. The van der Waals surface area contributed by atoms with Crippen molar-refractivity contribution in [3.63, 3.8) is 0 Å². The van der Waals surface area contributed by atoms with Crippen LogP contribution in [0.4, 0.5) is 23.4 Å². The van der Waals surface area contributed by atoms with Gasteiger partial charge in [0.2, 0.25) is 0 Å². The van der Waals surface area contributed by atoms with Crippen LogP contribution < -0.4 is 10.5 Å². The first-order chi connectivity index (χ1) is 17.1. The van der Waals surface area contributed by atoms with Gasteiger partial charge in [-0.15, -0.1) is 0 Å². The largest absolute Gasteiger partial charge is 0.408 e. The molecule has 0 saturated carbocycles. The van der Waals surface area contributed by atoms with Crippen LogP contribution in [-0.4, -0.2) is 50.6 Å². The molecule has 1 fully saturated rings. The summed E-state index contributed by atoms with van der Waals surface area (Å²) in [5.74, 6) is 0.148. The van der Waals surface area contributed by atoms with E-state index in [9.17, 15) is 22.4 Å². The van der Waals surface area contributed by atoms with Gasteiger partial charge < -0.3 is 14.6 Å². The van der Waals surface area contributed by atoms with Crippen LogP contribution in [-0.2, 0) is 11.3 Å². The Morgan fingerprint density at radius 1 is 1.25 bits per heavy atom. The van der Waals surface area contributed by atoms with Crippen LogP contribution in [0.3, 0.4) is 0 Å². The molecule has 0 unspecified atom stereocenters. The third-order valence-corrected chi connectivity index (χ3v) is 5.97. The van der Waals surface area contributed by atoms with E-state index < -0.39 is 30.2 Å². The van der Waals surface area contributed by atoms with Crippen LogP contribution in [0.15, 0.2) is 41.5 Å². The van der Waals surface area contributed by atoms with E-state index >= 15 is 0 Å². The summed E-state index contributed by atoms with van der Waals surface area (Å²) in [7, 11) is 0. The molecule has 1 aliphatic heterocycles. The Morgan fingerprint density at radius 2 is 2.06 bits per heavy atom. The first-order valence-corrected chi connectivity index (χ1v) is 11.3. The Labute approximate surface area is 206 Å². The van der Waals surface area contributed by atoms with Crippen molar-refractivity contribution in [3.05, 3.63) is 69.2 Å². The second-order valence-electron chi connectivity index (χ2n) is 8.39. The lowest BCUT2D eigenvalue weighted by molar-refractivity contribution is -0.142. The van der Waals surface area contributed by atoms with E-state index in [2.05, 4.69) is 20.1 Å². The zero-order valence-corrected chi connectivity index (χ0v) is 19.6. The minimum absolute atomic E-state index is 0.0839. The average molecular weight is 523 g/mol. The molecule has 8 nitrogen and oxygen atoms in total. The summed E-state index contributed by atoms with van der Waals surface area (Å²) < 4.78 is 59.6. The summed E-state index contributed by atoms with van der Waals surface area (Å²) in [6.45, 7) is 1.36. The number of fused-ring (bicyclic) bond motifs is 1. The molecule has 188 valence electrons. The quantitative estimate of drug-likeness (QED) is 0.399. The van der Waals surface area contributed by atoms with Crippen molar-refractivity contribution in [2.45, 2.75) is 25.7 Å². The predicted octanol–water partition coefficient (Wildman–Crippen LogP) is 4.42. The molecule has 0 radical (unpaired) electrons. The van der Waals surface area contributed by atoms with Crippen molar-refractivity contribution < 1.29 is 22.3 Å². The van der Waals surface area contributed by atoms with Gasteiger partial charge in [-0.05, 0) is 25.1 Å². The molecule has 5 rings (SSSR count). The molecular formula is C23H19ClF4N6O2. The van der Waals surface area contributed by atoms with Crippen molar-refractivity contribution in [2.24, 2.45) is 0 Å². The molecule has 1 aliphatic rings. The molecule has 1 aromatic carbocycles. The number of nitrogens with one attached hydrogen (secondary N) is 1. The number of aryl methyl sites for hydroxylation is 1. The minimum Gasteiger partial charge on any atom is -0.370 e. The summed E-state index contributed by atoms with van der Waals surface area (Å²) in [5, 5.41) is 4.11. The van der Waals surface area contributed by atoms with E-state index in [0.717, 1.165) is 10.7 Å². The van der Waals surface area contributed by atoms with Crippen molar-refractivity contribution >= 4 is 28.3 Å². The number of aromatic nitrogens is 5. The Morgan fingerprint density at radius 3 is 2.81 bits per heavy atom. The van der Waals surface area contributed by atoms with Gasteiger partial charge in [0.15, 0.2) is 0 Å². The van der Waals surface area contributed by atoms with Gasteiger partial charge >= 0.3 is 6.18 Å². The highest BCUT2D eigenvalue weighted by Crippen LogP contribution is 2.33. The van der Waals surface area contributed by atoms with Crippen molar-refractivity contribution in [2.75, 3.05) is 24.6 Å². The van der Waals surface area contributed by atoms with Crippen molar-refractivity contribution in [1.82, 2.24) is 24.7 Å². The highest BCUT2D eigenvalue weighted by Gasteiger charge is 2.30. The molecule has 4 aromatic rings. The van der Waals surface area contributed by atoms with E-state index in [1.807, 2.05) is 4.90 Å². The lowest BCUT2D eigenvalue weighted by Crippen LogP contribution is -2.39. The van der Waals surface area contributed by atoms with Crippen LogP contribution in [0.5, 0.6) is 0 Å². The van der Waals surface area contributed by atoms with Crippen molar-refractivity contribution in [1.29, 1.82) is 0 Å².